The van der Waals surface area contributed by atoms with E-state index in [1.165, 1.54) is 4.90 Å². The van der Waals surface area contributed by atoms with Gasteiger partial charge in [0.15, 0.2) is 6.04 Å². The Morgan fingerprint density at radius 3 is 2.45 bits per heavy atom. The standard InChI is InChI=1S/C17H24IN7O4/c18-10-6-25-15(20)21-9(11-16(25,17(10,28)29)23-14(19)22-11)5-24-12(26)7-3-1-2-4-8(7)13(24)27/h7-11,28-29H,1-6H2,(H5,19,20,21,22,23)/p+2/t7?,8?,9-,10-,11-,16-/m0/s1. The highest BCUT2D eigenvalue weighted by Crippen LogP contribution is 2.42. The number of nitrogens with one attached hydrogen (secondary N) is 3. The number of carbonyl (C=O) groups is 2. The Morgan fingerprint density at radius 2 is 1.83 bits per heavy atom. The van der Waals surface area contributed by atoms with Crippen LogP contribution < -0.4 is 27.1 Å². The fraction of sp³-hybridized carbons (Fsp3) is 0.765. The number of fused-ring (bicyclic) bond motifs is 1. The van der Waals surface area contributed by atoms with E-state index >= 15 is 0 Å². The van der Waals surface area contributed by atoms with Crippen LogP contribution in [0.5, 0.6) is 0 Å². The number of guanidine groups is 2. The van der Waals surface area contributed by atoms with Crippen LogP contribution in [0.15, 0.2) is 0 Å². The van der Waals surface area contributed by atoms with Crippen molar-refractivity contribution in [2.75, 3.05) is 13.1 Å². The number of rotatable bonds is 2. The first-order valence-corrected chi connectivity index (χ1v) is 11.2. The Bertz CT molecular complexity index is 837. The lowest BCUT2D eigenvalue weighted by Crippen LogP contribution is -2.92. The maximum Gasteiger partial charge on any atom is 0.347 e. The van der Waals surface area contributed by atoms with Crippen LogP contribution in [0.1, 0.15) is 25.7 Å². The second-order valence-corrected chi connectivity index (χ2v) is 10.2. The summed E-state index contributed by atoms with van der Waals surface area (Å²) in [5, 5.41) is 28.1. The molecule has 0 aromatic carbocycles. The molecule has 6 atom stereocenters. The molecule has 2 unspecified atom stereocenters. The summed E-state index contributed by atoms with van der Waals surface area (Å²) >= 11 is 1.98. The number of hydrogen-bond donors (Lipinski definition) is 7. The van der Waals surface area contributed by atoms with E-state index in [1.54, 1.807) is 4.58 Å². The zero-order valence-corrected chi connectivity index (χ0v) is 17.9. The summed E-state index contributed by atoms with van der Waals surface area (Å²) in [4.78, 5) is 30.2. The zero-order valence-electron chi connectivity index (χ0n) is 15.8. The largest absolute Gasteiger partial charge is 0.359 e. The van der Waals surface area contributed by atoms with E-state index in [1.807, 2.05) is 22.6 Å². The van der Waals surface area contributed by atoms with Crippen LogP contribution in [0.3, 0.4) is 0 Å². The number of imide groups is 1. The Balaban J connectivity index is 1.50. The Kier molecular flexibility index (Phi) is 4.11. The molecule has 1 spiro atoms. The Labute approximate surface area is 180 Å². The average molecular weight is 519 g/mol. The number of amides is 2. The molecule has 4 heterocycles. The molecule has 0 radical (unpaired) electrons. The van der Waals surface area contributed by atoms with Crippen molar-refractivity contribution >= 4 is 46.3 Å². The molecule has 5 aliphatic rings. The third kappa shape index (κ3) is 2.36. The van der Waals surface area contributed by atoms with Gasteiger partial charge in [0.05, 0.1) is 24.9 Å². The second-order valence-electron chi connectivity index (χ2n) is 8.65. The molecule has 2 amide bonds. The van der Waals surface area contributed by atoms with E-state index in [-0.39, 0.29) is 42.1 Å². The highest BCUT2D eigenvalue weighted by atomic mass is 127. The van der Waals surface area contributed by atoms with Gasteiger partial charge in [-0.25, -0.2) is 9.89 Å². The third-order valence-corrected chi connectivity index (χ3v) is 8.45. The highest BCUT2D eigenvalue weighted by molar-refractivity contribution is 14.1. The molecular formula is C17H26IN7O4+2. The summed E-state index contributed by atoms with van der Waals surface area (Å²) in [5.41, 5.74) is 10.8. The van der Waals surface area contributed by atoms with Gasteiger partial charge in [0, 0.05) is 0 Å². The SMILES string of the molecule is NC1=[NH+][C@H]2[C@H](CN3C(=O)C4CCCCC4C3=O)NC(N)=[N+]3C[C@H](I)C(O)(O)[C@]23N1. The van der Waals surface area contributed by atoms with Crippen LogP contribution in [-0.4, -0.2) is 84.0 Å². The maximum absolute atomic E-state index is 12.9. The average Bonchev–Trinajstić information content (AvgIpc) is 3.23. The zero-order chi connectivity index (χ0) is 20.7. The summed E-state index contributed by atoms with van der Waals surface area (Å²) < 4.78 is 1.12. The number of hydrogen-bond acceptors (Lipinski definition) is 8. The number of aliphatic hydroxyl groups is 2. The summed E-state index contributed by atoms with van der Waals surface area (Å²) in [6.07, 6.45) is 3.41. The fourth-order valence-corrected chi connectivity index (χ4v) is 6.67. The lowest BCUT2D eigenvalue weighted by molar-refractivity contribution is -0.674. The predicted molar refractivity (Wildman–Crippen MR) is 108 cm³/mol. The van der Waals surface area contributed by atoms with Crippen molar-refractivity contribution in [1.82, 2.24) is 15.5 Å². The molecule has 11 nitrogen and oxygen atoms in total. The molecule has 1 aliphatic carbocycles. The molecule has 0 aromatic rings. The molecule has 29 heavy (non-hydrogen) atoms. The van der Waals surface area contributed by atoms with Crippen molar-refractivity contribution in [3.63, 3.8) is 0 Å². The van der Waals surface area contributed by atoms with E-state index < -0.39 is 27.5 Å². The number of halogens is 1. The van der Waals surface area contributed by atoms with Crippen LogP contribution in [0, 0.1) is 11.8 Å². The molecule has 1 saturated carbocycles. The first kappa shape index (κ1) is 19.3. The van der Waals surface area contributed by atoms with Crippen molar-refractivity contribution in [1.29, 1.82) is 0 Å². The van der Waals surface area contributed by atoms with E-state index in [0.717, 1.165) is 25.7 Å². The number of nitrogens with two attached hydrogens (primary N) is 2. The number of likely N-dealkylation sites (tertiary alicyclic amines) is 1. The predicted octanol–water partition coefficient (Wildman–Crippen LogP) is -4.98. The molecule has 5 rings (SSSR count). The minimum atomic E-state index is -2.15. The Hall–Kier alpha value is -1.67. The van der Waals surface area contributed by atoms with Crippen molar-refractivity contribution < 1.29 is 29.4 Å². The Morgan fingerprint density at radius 1 is 1.21 bits per heavy atom. The van der Waals surface area contributed by atoms with Crippen LogP contribution in [0.25, 0.3) is 0 Å². The van der Waals surface area contributed by atoms with Gasteiger partial charge in [-0.3, -0.25) is 36.3 Å². The minimum absolute atomic E-state index is 0.0789. The monoisotopic (exact) mass is 519 g/mol. The van der Waals surface area contributed by atoms with E-state index in [9.17, 15) is 19.8 Å². The number of carbonyl (C=O) groups excluding carboxylic acids is 2. The number of nitrogens with zero attached hydrogens (tertiary/aromatic N) is 2. The van der Waals surface area contributed by atoms with E-state index in [4.69, 9.17) is 11.5 Å². The van der Waals surface area contributed by atoms with Crippen LogP contribution >= 0.6 is 22.6 Å². The molecule has 0 aromatic heterocycles. The third-order valence-electron chi connectivity index (χ3n) is 7.19. The van der Waals surface area contributed by atoms with Crippen LogP contribution in [0.4, 0.5) is 0 Å². The van der Waals surface area contributed by atoms with E-state index in [0.29, 0.717) is 6.54 Å². The van der Waals surface area contributed by atoms with E-state index in [2.05, 4.69) is 15.6 Å². The summed E-state index contributed by atoms with van der Waals surface area (Å²) in [5.74, 6) is -2.47. The molecule has 4 aliphatic heterocycles. The quantitative estimate of drug-likeness (QED) is 0.0626. The van der Waals surface area contributed by atoms with Gasteiger partial charge in [-0.2, -0.15) is 0 Å². The second kappa shape index (κ2) is 6.17. The molecule has 12 heteroatoms. The van der Waals surface area contributed by atoms with Crippen molar-refractivity contribution in [3.8, 4) is 0 Å². The first-order valence-electron chi connectivity index (χ1n) is 9.96. The fourth-order valence-electron chi connectivity index (χ4n) is 5.81. The molecule has 0 bridgehead atoms. The first-order chi connectivity index (χ1) is 13.7. The van der Waals surface area contributed by atoms with Gasteiger partial charge in [0.2, 0.25) is 11.8 Å². The van der Waals surface area contributed by atoms with Gasteiger partial charge >= 0.3 is 11.9 Å². The summed E-state index contributed by atoms with van der Waals surface area (Å²) in [6, 6.07) is -1.18. The van der Waals surface area contributed by atoms with Gasteiger partial charge in [-0.15, -0.1) is 0 Å². The molecule has 2 saturated heterocycles. The van der Waals surface area contributed by atoms with Gasteiger partial charge in [0.25, 0.3) is 11.4 Å². The molecule has 158 valence electrons. The lowest BCUT2D eigenvalue weighted by Gasteiger charge is -2.41. The summed E-state index contributed by atoms with van der Waals surface area (Å²) in [6.45, 7) is 0.374. The van der Waals surface area contributed by atoms with Gasteiger partial charge < -0.3 is 10.2 Å². The lowest BCUT2D eigenvalue weighted by atomic mass is 9.81. The number of alkyl halides is 1. The topological polar surface area (TPSA) is 171 Å². The smallest absolute Gasteiger partial charge is 0.347 e. The molecule has 3 fully saturated rings. The molecular weight excluding hydrogens is 493 g/mol. The molecule has 9 N–H and O–H groups in total. The van der Waals surface area contributed by atoms with Crippen LogP contribution in [-0.2, 0) is 9.59 Å². The normalized spacial score (nSPS) is 42.8. The highest BCUT2D eigenvalue weighted by Gasteiger charge is 2.77. The van der Waals surface area contributed by atoms with Crippen molar-refractivity contribution in [3.05, 3.63) is 0 Å². The van der Waals surface area contributed by atoms with Gasteiger partial charge in [-0.05, 0) is 12.8 Å². The van der Waals surface area contributed by atoms with Crippen molar-refractivity contribution in [2.24, 2.45) is 23.3 Å². The summed E-state index contributed by atoms with van der Waals surface area (Å²) in [7, 11) is 0. The van der Waals surface area contributed by atoms with Crippen LogP contribution in [0.2, 0.25) is 0 Å². The van der Waals surface area contributed by atoms with Gasteiger partial charge in [-0.1, -0.05) is 35.4 Å². The minimum Gasteiger partial charge on any atom is -0.359 e. The van der Waals surface area contributed by atoms with Crippen molar-refractivity contribution in [2.45, 2.75) is 53.1 Å². The van der Waals surface area contributed by atoms with Gasteiger partial charge in [0.1, 0.15) is 9.97 Å². The maximum atomic E-state index is 12.9.